The molecule has 0 radical (unpaired) electrons. The lowest BCUT2D eigenvalue weighted by Gasteiger charge is -2.23. The highest BCUT2D eigenvalue weighted by molar-refractivity contribution is 6.05. The lowest BCUT2D eigenvalue weighted by molar-refractivity contribution is -0.122. The Morgan fingerprint density at radius 3 is 2.00 bits per heavy atom. The minimum atomic E-state index is -0.675. The van der Waals surface area contributed by atoms with Crippen LogP contribution in [0.2, 0.25) is 0 Å². The van der Waals surface area contributed by atoms with Crippen molar-refractivity contribution < 1.29 is 28.9 Å². The van der Waals surface area contributed by atoms with E-state index in [9.17, 15) is 14.7 Å². The molecule has 3 N–H and O–H groups in total. The molecule has 0 atom stereocenters. The monoisotopic (exact) mass is 416 g/mol. The van der Waals surface area contributed by atoms with E-state index in [-0.39, 0.29) is 24.8 Å². The second-order valence-corrected chi connectivity index (χ2v) is 7.33. The number of aliphatic hydroxyl groups excluding tert-OH is 1. The maximum Gasteiger partial charge on any atom is 0.255 e. The van der Waals surface area contributed by atoms with E-state index in [4.69, 9.17) is 14.2 Å². The van der Waals surface area contributed by atoms with E-state index in [1.807, 2.05) is 0 Å². The number of ether oxygens (including phenoxy) is 3. The Bertz CT molecular complexity index is 868. The molecule has 0 bridgehead atoms. The summed E-state index contributed by atoms with van der Waals surface area (Å²) in [4.78, 5) is 24.7. The summed E-state index contributed by atoms with van der Waals surface area (Å²) in [6.07, 6.45) is 0.171. The first-order valence-corrected chi connectivity index (χ1v) is 9.35. The fourth-order valence-corrected chi connectivity index (χ4v) is 2.77. The largest absolute Gasteiger partial charge is 0.493 e. The summed E-state index contributed by atoms with van der Waals surface area (Å²) in [7, 11) is 4.46. The SMILES string of the molecule is COc1cc(C(=O)Nc2ccc(CC(=O)NC(C)(C)CO)cc2)cc(OC)c1OC. The van der Waals surface area contributed by atoms with Gasteiger partial charge in [-0.3, -0.25) is 9.59 Å². The quantitative estimate of drug-likeness (QED) is 0.580. The maximum atomic E-state index is 12.7. The molecule has 162 valence electrons. The molecular formula is C22H28N2O6. The minimum absolute atomic E-state index is 0.148. The molecular weight excluding hydrogens is 388 g/mol. The molecule has 0 aliphatic heterocycles. The van der Waals surface area contributed by atoms with Gasteiger partial charge in [0.25, 0.3) is 5.91 Å². The summed E-state index contributed by atoms with van der Waals surface area (Å²) in [5, 5.41) is 14.8. The number of rotatable bonds is 9. The first-order valence-electron chi connectivity index (χ1n) is 9.35. The van der Waals surface area contributed by atoms with E-state index < -0.39 is 5.54 Å². The number of hydrogen-bond acceptors (Lipinski definition) is 6. The molecule has 2 rings (SSSR count). The zero-order valence-electron chi connectivity index (χ0n) is 17.9. The molecule has 0 spiro atoms. The number of carbonyl (C=O) groups excluding carboxylic acids is 2. The van der Waals surface area contributed by atoms with Gasteiger partial charge in [-0.2, -0.15) is 0 Å². The number of aliphatic hydroxyl groups is 1. The molecule has 2 amide bonds. The Labute approximate surface area is 176 Å². The Morgan fingerprint density at radius 2 is 1.53 bits per heavy atom. The first-order chi connectivity index (χ1) is 14.2. The average Bonchev–Trinajstić information content (AvgIpc) is 2.73. The normalized spacial score (nSPS) is 10.9. The summed E-state index contributed by atoms with van der Waals surface area (Å²) < 4.78 is 15.8. The van der Waals surface area contributed by atoms with Gasteiger partial charge in [0, 0.05) is 11.3 Å². The van der Waals surface area contributed by atoms with Crippen molar-refractivity contribution in [1.29, 1.82) is 0 Å². The second-order valence-electron chi connectivity index (χ2n) is 7.33. The van der Waals surface area contributed by atoms with Gasteiger partial charge in [0.15, 0.2) is 11.5 Å². The van der Waals surface area contributed by atoms with E-state index in [0.717, 1.165) is 5.56 Å². The zero-order valence-corrected chi connectivity index (χ0v) is 17.9. The summed E-state index contributed by atoms with van der Waals surface area (Å²) >= 11 is 0. The van der Waals surface area contributed by atoms with Crippen LogP contribution in [0.1, 0.15) is 29.8 Å². The number of methoxy groups -OCH3 is 3. The van der Waals surface area contributed by atoms with Crippen molar-refractivity contribution in [2.45, 2.75) is 25.8 Å². The van der Waals surface area contributed by atoms with Crippen LogP contribution in [0.5, 0.6) is 17.2 Å². The fraction of sp³-hybridized carbons (Fsp3) is 0.364. The molecule has 0 aliphatic rings. The predicted molar refractivity (Wildman–Crippen MR) is 114 cm³/mol. The molecule has 0 saturated heterocycles. The number of carbonyl (C=O) groups is 2. The van der Waals surface area contributed by atoms with Crippen LogP contribution in [0.4, 0.5) is 5.69 Å². The average molecular weight is 416 g/mol. The molecule has 0 aromatic heterocycles. The molecule has 8 nitrogen and oxygen atoms in total. The van der Waals surface area contributed by atoms with Crippen molar-refractivity contribution in [3.63, 3.8) is 0 Å². The van der Waals surface area contributed by atoms with Crippen molar-refractivity contribution in [3.8, 4) is 17.2 Å². The van der Waals surface area contributed by atoms with Crippen molar-refractivity contribution in [3.05, 3.63) is 47.5 Å². The highest BCUT2D eigenvalue weighted by atomic mass is 16.5. The third-order valence-electron chi connectivity index (χ3n) is 4.38. The summed E-state index contributed by atoms with van der Waals surface area (Å²) in [6.45, 7) is 3.34. The van der Waals surface area contributed by atoms with Gasteiger partial charge in [-0.1, -0.05) is 12.1 Å². The maximum absolute atomic E-state index is 12.7. The van der Waals surface area contributed by atoms with Gasteiger partial charge in [-0.15, -0.1) is 0 Å². The van der Waals surface area contributed by atoms with E-state index in [2.05, 4.69) is 10.6 Å². The molecule has 0 saturated carbocycles. The standard InChI is InChI=1S/C22H28N2O6/c1-22(2,13-25)24-19(26)10-14-6-8-16(9-7-14)23-21(27)15-11-17(28-3)20(30-5)18(12-15)29-4/h6-9,11-12,25H,10,13H2,1-5H3,(H,23,27)(H,24,26). The third kappa shape index (κ3) is 5.87. The van der Waals surface area contributed by atoms with Crippen LogP contribution in [-0.4, -0.2) is 50.4 Å². The number of nitrogens with one attached hydrogen (secondary N) is 2. The van der Waals surface area contributed by atoms with Crippen LogP contribution in [-0.2, 0) is 11.2 Å². The van der Waals surface area contributed by atoms with E-state index in [1.165, 1.54) is 21.3 Å². The lowest BCUT2D eigenvalue weighted by atomic mass is 10.1. The number of amides is 2. The van der Waals surface area contributed by atoms with Crippen LogP contribution < -0.4 is 24.8 Å². The molecule has 2 aromatic rings. The van der Waals surface area contributed by atoms with Crippen LogP contribution in [0.25, 0.3) is 0 Å². The molecule has 0 heterocycles. The number of anilines is 1. The molecule has 0 aliphatic carbocycles. The van der Waals surface area contributed by atoms with Gasteiger partial charge in [0.2, 0.25) is 11.7 Å². The van der Waals surface area contributed by atoms with Gasteiger partial charge in [-0.25, -0.2) is 0 Å². The molecule has 8 heteroatoms. The topological polar surface area (TPSA) is 106 Å². The first kappa shape index (κ1) is 23.0. The Hall–Kier alpha value is -3.26. The van der Waals surface area contributed by atoms with Crippen LogP contribution in [0.3, 0.4) is 0 Å². The van der Waals surface area contributed by atoms with E-state index in [1.54, 1.807) is 50.2 Å². The van der Waals surface area contributed by atoms with Gasteiger partial charge < -0.3 is 30.0 Å². The van der Waals surface area contributed by atoms with Gasteiger partial charge >= 0.3 is 0 Å². The van der Waals surface area contributed by atoms with Crippen molar-refractivity contribution >= 4 is 17.5 Å². The van der Waals surface area contributed by atoms with Crippen LogP contribution in [0.15, 0.2) is 36.4 Å². The van der Waals surface area contributed by atoms with Crippen molar-refractivity contribution in [2.75, 3.05) is 33.3 Å². The Kier molecular flexibility index (Phi) is 7.66. The second kappa shape index (κ2) is 9.98. The van der Waals surface area contributed by atoms with Crippen LogP contribution >= 0.6 is 0 Å². The van der Waals surface area contributed by atoms with Crippen molar-refractivity contribution in [2.24, 2.45) is 0 Å². The number of hydrogen-bond donors (Lipinski definition) is 3. The molecule has 2 aromatic carbocycles. The van der Waals surface area contributed by atoms with Gasteiger partial charge in [-0.05, 0) is 43.7 Å². The predicted octanol–water partition coefficient (Wildman–Crippen LogP) is 2.39. The molecule has 0 fully saturated rings. The Balaban J connectivity index is 2.09. The van der Waals surface area contributed by atoms with E-state index in [0.29, 0.717) is 28.5 Å². The lowest BCUT2D eigenvalue weighted by Crippen LogP contribution is -2.46. The molecule has 30 heavy (non-hydrogen) atoms. The van der Waals surface area contributed by atoms with Crippen LogP contribution in [0, 0.1) is 0 Å². The third-order valence-corrected chi connectivity index (χ3v) is 4.38. The summed E-state index contributed by atoms with van der Waals surface area (Å²) in [6, 6.07) is 10.1. The highest BCUT2D eigenvalue weighted by Crippen LogP contribution is 2.38. The van der Waals surface area contributed by atoms with Gasteiger partial charge in [0.1, 0.15) is 0 Å². The van der Waals surface area contributed by atoms with E-state index >= 15 is 0 Å². The van der Waals surface area contributed by atoms with Gasteiger partial charge in [0.05, 0.1) is 39.9 Å². The number of benzene rings is 2. The summed E-state index contributed by atoms with van der Waals surface area (Å²) in [5.74, 6) is 0.639. The zero-order chi connectivity index (χ0) is 22.3. The Morgan fingerprint density at radius 1 is 0.967 bits per heavy atom. The minimum Gasteiger partial charge on any atom is -0.493 e. The van der Waals surface area contributed by atoms with Crippen molar-refractivity contribution in [1.82, 2.24) is 5.32 Å². The molecule has 0 unspecified atom stereocenters. The fourth-order valence-electron chi connectivity index (χ4n) is 2.77. The highest BCUT2D eigenvalue weighted by Gasteiger charge is 2.19. The smallest absolute Gasteiger partial charge is 0.255 e. The summed E-state index contributed by atoms with van der Waals surface area (Å²) in [5.41, 5.74) is 1.03.